The smallest absolute Gasteiger partial charge is 0.346 e. The minimum atomic E-state index is -0.636. The molecule has 0 atom stereocenters. The van der Waals surface area contributed by atoms with Gasteiger partial charge in [0.05, 0.1) is 16.8 Å². The van der Waals surface area contributed by atoms with E-state index in [2.05, 4.69) is 10.5 Å². The molecule has 0 radical (unpaired) electrons. The standard InChI is InChI=1S/C17H10Cl2N2O3/c18-11-7-5-10(6-8-11)16(22)21-20-9-13-15(19)12-3-1-2-4-14(12)24-17(13)23/h1-9H,(H,21,22)/b20-9+. The van der Waals surface area contributed by atoms with Crippen LogP contribution >= 0.6 is 23.2 Å². The van der Waals surface area contributed by atoms with Crippen LogP contribution in [0.15, 0.2) is 62.8 Å². The van der Waals surface area contributed by atoms with Crippen LogP contribution in [0, 0.1) is 0 Å². The fourth-order valence-electron chi connectivity index (χ4n) is 2.06. The fourth-order valence-corrected chi connectivity index (χ4v) is 2.47. The lowest BCUT2D eigenvalue weighted by molar-refractivity contribution is 0.0955. The number of hydrogen-bond acceptors (Lipinski definition) is 4. The molecule has 0 saturated carbocycles. The average Bonchev–Trinajstić information content (AvgIpc) is 2.58. The molecule has 3 rings (SSSR count). The van der Waals surface area contributed by atoms with Crippen LogP contribution in [-0.2, 0) is 0 Å². The second-order valence-electron chi connectivity index (χ2n) is 4.82. The minimum Gasteiger partial charge on any atom is -0.422 e. The van der Waals surface area contributed by atoms with Crippen molar-refractivity contribution in [3.63, 3.8) is 0 Å². The van der Waals surface area contributed by atoms with Gasteiger partial charge in [-0.15, -0.1) is 0 Å². The van der Waals surface area contributed by atoms with Crippen molar-refractivity contribution in [2.75, 3.05) is 0 Å². The van der Waals surface area contributed by atoms with Crippen molar-refractivity contribution in [2.24, 2.45) is 5.10 Å². The van der Waals surface area contributed by atoms with Crippen molar-refractivity contribution in [3.05, 3.63) is 80.1 Å². The van der Waals surface area contributed by atoms with E-state index in [-0.39, 0.29) is 10.6 Å². The number of para-hydroxylation sites is 1. The lowest BCUT2D eigenvalue weighted by Crippen LogP contribution is -2.18. The Morgan fingerprint density at radius 1 is 1.08 bits per heavy atom. The van der Waals surface area contributed by atoms with Crippen molar-refractivity contribution in [1.82, 2.24) is 5.43 Å². The molecule has 0 bridgehead atoms. The number of nitrogens with zero attached hydrogens (tertiary/aromatic N) is 1. The molecule has 1 amide bonds. The van der Waals surface area contributed by atoms with Gasteiger partial charge in [0.25, 0.3) is 5.91 Å². The van der Waals surface area contributed by atoms with E-state index >= 15 is 0 Å². The van der Waals surface area contributed by atoms with Gasteiger partial charge in [-0.05, 0) is 36.4 Å². The second-order valence-corrected chi connectivity index (χ2v) is 5.63. The third kappa shape index (κ3) is 3.32. The summed E-state index contributed by atoms with van der Waals surface area (Å²) < 4.78 is 5.17. The molecule has 0 spiro atoms. The van der Waals surface area contributed by atoms with Gasteiger partial charge in [-0.25, -0.2) is 10.2 Å². The van der Waals surface area contributed by atoms with Crippen molar-refractivity contribution in [3.8, 4) is 0 Å². The monoisotopic (exact) mass is 360 g/mol. The molecule has 0 aliphatic rings. The SMILES string of the molecule is O=C(N/N=C/c1c(Cl)c2ccccc2oc1=O)c1ccc(Cl)cc1. The van der Waals surface area contributed by atoms with Gasteiger partial charge >= 0.3 is 5.63 Å². The first-order chi connectivity index (χ1) is 11.6. The topological polar surface area (TPSA) is 71.7 Å². The summed E-state index contributed by atoms with van der Waals surface area (Å²) in [6.07, 6.45) is 1.16. The molecule has 2 aromatic carbocycles. The van der Waals surface area contributed by atoms with Crippen LogP contribution in [0.1, 0.15) is 15.9 Å². The summed E-state index contributed by atoms with van der Waals surface area (Å²) in [5.41, 5.74) is 2.51. The Bertz CT molecular complexity index is 995. The molecule has 0 fully saturated rings. The molecule has 5 nitrogen and oxygen atoms in total. The van der Waals surface area contributed by atoms with Crippen molar-refractivity contribution < 1.29 is 9.21 Å². The summed E-state index contributed by atoms with van der Waals surface area (Å²) in [5, 5.41) is 5.09. The van der Waals surface area contributed by atoms with Gasteiger partial charge in [0.15, 0.2) is 0 Å². The van der Waals surface area contributed by atoms with Gasteiger partial charge in [0.2, 0.25) is 0 Å². The molecule has 0 aliphatic heterocycles. The second kappa shape index (κ2) is 6.86. The molecular formula is C17H10Cl2N2O3. The molecule has 3 aromatic rings. The highest BCUT2D eigenvalue weighted by Gasteiger charge is 2.11. The van der Waals surface area contributed by atoms with Gasteiger partial charge in [-0.1, -0.05) is 35.3 Å². The number of rotatable bonds is 3. The first-order valence-electron chi connectivity index (χ1n) is 6.86. The molecule has 1 heterocycles. The van der Waals surface area contributed by atoms with E-state index in [0.717, 1.165) is 6.21 Å². The first-order valence-corrected chi connectivity index (χ1v) is 7.62. The van der Waals surface area contributed by atoms with Crippen molar-refractivity contribution in [2.45, 2.75) is 0 Å². The highest BCUT2D eigenvalue weighted by molar-refractivity contribution is 6.37. The number of nitrogens with one attached hydrogen (secondary N) is 1. The summed E-state index contributed by atoms with van der Waals surface area (Å²) in [4.78, 5) is 23.9. The molecule has 0 aliphatic carbocycles. The van der Waals surface area contributed by atoms with Crippen LogP contribution < -0.4 is 11.1 Å². The molecule has 0 unspecified atom stereocenters. The largest absolute Gasteiger partial charge is 0.422 e. The fraction of sp³-hybridized carbons (Fsp3) is 0. The van der Waals surface area contributed by atoms with Gasteiger partial charge < -0.3 is 4.42 Å². The van der Waals surface area contributed by atoms with Crippen molar-refractivity contribution >= 4 is 46.3 Å². The Morgan fingerprint density at radius 3 is 2.54 bits per heavy atom. The molecule has 0 saturated heterocycles. The normalized spacial score (nSPS) is 11.1. The number of hydrogen-bond donors (Lipinski definition) is 1. The van der Waals surface area contributed by atoms with Crippen LogP contribution in [0.2, 0.25) is 10.0 Å². The third-order valence-corrected chi connectivity index (χ3v) is 3.91. The van der Waals surface area contributed by atoms with E-state index < -0.39 is 11.5 Å². The molecular weight excluding hydrogens is 351 g/mol. The summed E-state index contributed by atoms with van der Waals surface area (Å²) in [7, 11) is 0. The maximum atomic E-state index is 12.0. The molecule has 1 N–H and O–H groups in total. The first kappa shape index (κ1) is 16.2. The van der Waals surface area contributed by atoms with E-state index in [9.17, 15) is 9.59 Å². The predicted molar refractivity (Wildman–Crippen MR) is 94.0 cm³/mol. The quantitative estimate of drug-likeness (QED) is 0.437. The molecule has 120 valence electrons. The zero-order chi connectivity index (χ0) is 17.1. The molecule has 24 heavy (non-hydrogen) atoms. The predicted octanol–water partition coefficient (Wildman–Crippen LogP) is 3.86. The third-order valence-electron chi connectivity index (χ3n) is 3.25. The number of carbonyl (C=O) groups is 1. The Kier molecular flexibility index (Phi) is 4.64. The highest BCUT2D eigenvalue weighted by atomic mass is 35.5. The summed E-state index contributed by atoms with van der Waals surface area (Å²) >= 11 is 12.0. The zero-order valence-corrected chi connectivity index (χ0v) is 13.6. The molecule has 1 aromatic heterocycles. The Balaban J connectivity index is 1.84. The maximum Gasteiger partial charge on any atom is 0.346 e. The van der Waals surface area contributed by atoms with E-state index in [0.29, 0.717) is 21.6 Å². The number of benzene rings is 2. The zero-order valence-electron chi connectivity index (χ0n) is 12.1. The summed E-state index contributed by atoms with van der Waals surface area (Å²) in [6, 6.07) is 13.2. The van der Waals surface area contributed by atoms with E-state index in [1.807, 2.05) is 0 Å². The van der Waals surface area contributed by atoms with Crippen LogP contribution in [-0.4, -0.2) is 12.1 Å². The number of fused-ring (bicyclic) bond motifs is 1. The number of halogens is 2. The lowest BCUT2D eigenvalue weighted by Gasteiger charge is -2.02. The Morgan fingerprint density at radius 2 is 1.79 bits per heavy atom. The van der Waals surface area contributed by atoms with Gasteiger partial charge in [0, 0.05) is 16.0 Å². The Hall–Kier alpha value is -2.63. The summed E-state index contributed by atoms with van der Waals surface area (Å²) in [6.45, 7) is 0. The van der Waals surface area contributed by atoms with Crippen LogP contribution in [0.25, 0.3) is 11.0 Å². The van der Waals surface area contributed by atoms with Crippen LogP contribution in [0.3, 0.4) is 0 Å². The van der Waals surface area contributed by atoms with Gasteiger partial charge in [0.1, 0.15) is 5.58 Å². The van der Waals surface area contributed by atoms with E-state index in [4.69, 9.17) is 27.6 Å². The van der Waals surface area contributed by atoms with Crippen LogP contribution in [0.4, 0.5) is 0 Å². The lowest BCUT2D eigenvalue weighted by atomic mass is 10.2. The van der Waals surface area contributed by atoms with Crippen molar-refractivity contribution in [1.29, 1.82) is 0 Å². The van der Waals surface area contributed by atoms with Gasteiger partial charge in [-0.3, -0.25) is 4.79 Å². The number of hydrazone groups is 1. The van der Waals surface area contributed by atoms with Gasteiger partial charge in [-0.2, -0.15) is 5.10 Å². The average molecular weight is 361 g/mol. The Labute approximate surface area is 146 Å². The molecule has 7 heteroatoms. The van der Waals surface area contributed by atoms with Crippen LogP contribution in [0.5, 0.6) is 0 Å². The number of amides is 1. The highest BCUT2D eigenvalue weighted by Crippen LogP contribution is 2.23. The van der Waals surface area contributed by atoms with E-state index in [1.165, 1.54) is 0 Å². The number of carbonyl (C=O) groups excluding carboxylic acids is 1. The van der Waals surface area contributed by atoms with E-state index in [1.54, 1.807) is 48.5 Å². The maximum absolute atomic E-state index is 12.0. The summed E-state index contributed by atoms with van der Waals surface area (Å²) in [5.74, 6) is -0.441. The minimum absolute atomic E-state index is 0.0618.